The van der Waals surface area contributed by atoms with E-state index in [1.807, 2.05) is 6.08 Å². The van der Waals surface area contributed by atoms with Crippen molar-refractivity contribution in [3.63, 3.8) is 0 Å². The minimum absolute atomic E-state index is 0.701. The predicted molar refractivity (Wildman–Crippen MR) is 50.6 cm³/mol. The maximum atomic E-state index is 3.71. The summed E-state index contributed by atoms with van der Waals surface area (Å²) in [6.45, 7) is 4.66. The molecule has 2 fully saturated rings. The van der Waals surface area contributed by atoms with Crippen molar-refractivity contribution >= 4 is 0 Å². The fraction of sp³-hybridized carbons (Fsp3) is 0.700. The largest absolute Gasteiger partial charge is 0.310 e. The summed E-state index contributed by atoms with van der Waals surface area (Å²) >= 11 is 0. The summed E-state index contributed by atoms with van der Waals surface area (Å²) < 4.78 is 0. The van der Waals surface area contributed by atoms with E-state index >= 15 is 0 Å². The van der Waals surface area contributed by atoms with Crippen LogP contribution in [0.5, 0.6) is 0 Å². The van der Waals surface area contributed by atoms with Gasteiger partial charge in [0.15, 0.2) is 0 Å². The van der Waals surface area contributed by atoms with Gasteiger partial charge in [-0.15, -0.1) is 6.58 Å². The van der Waals surface area contributed by atoms with Crippen LogP contribution in [0.2, 0.25) is 0 Å². The third-order valence-corrected chi connectivity index (χ3v) is 2.82. The van der Waals surface area contributed by atoms with Crippen molar-refractivity contribution in [2.45, 2.75) is 37.8 Å². The summed E-state index contributed by atoms with van der Waals surface area (Å²) in [5, 5.41) is 7.04. The zero-order valence-electron chi connectivity index (χ0n) is 7.47. The third-order valence-electron chi connectivity index (χ3n) is 2.82. The van der Waals surface area contributed by atoms with Crippen molar-refractivity contribution in [2.24, 2.45) is 0 Å². The van der Waals surface area contributed by atoms with Crippen molar-refractivity contribution in [2.75, 3.05) is 6.54 Å². The lowest BCUT2D eigenvalue weighted by Gasteiger charge is -2.28. The molecule has 0 aromatic carbocycles. The van der Waals surface area contributed by atoms with Crippen LogP contribution in [0.15, 0.2) is 12.7 Å². The van der Waals surface area contributed by atoms with Gasteiger partial charge in [0.2, 0.25) is 0 Å². The molecule has 1 radical (unpaired) electrons. The molecule has 2 atom stereocenters. The van der Waals surface area contributed by atoms with Gasteiger partial charge in [0.25, 0.3) is 0 Å². The van der Waals surface area contributed by atoms with Gasteiger partial charge < -0.3 is 10.6 Å². The second-order valence-electron chi connectivity index (χ2n) is 3.82. The Morgan fingerprint density at radius 1 is 1.67 bits per heavy atom. The fourth-order valence-corrected chi connectivity index (χ4v) is 2.25. The molecule has 0 aromatic rings. The van der Waals surface area contributed by atoms with E-state index in [0.717, 1.165) is 12.6 Å². The molecule has 2 rings (SSSR count). The van der Waals surface area contributed by atoms with E-state index in [9.17, 15) is 0 Å². The SMILES string of the molecule is C=CCNC1C[C]2CCC(C1)N2. The van der Waals surface area contributed by atoms with Crippen molar-refractivity contribution in [3.05, 3.63) is 18.7 Å². The number of piperidine rings is 1. The highest BCUT2D eigenvalue weighted by Gasteiger charge is 2.33. The normalized spacial score (nSPS) is 35.3. The summed E-state index contributed by atoms with van der Waals surface area (Å²) in [5.41, 5.74) is 0. The molecule has 2 bridgehead atoms. The maximum absolute atomic E-state index is 3.71. The number of hydrogen-bond donors (Lipinski definition) is 2. The van der Waals surface area contributed by atoms with E-state index in [4.69, 9.17) is 0 Å². The zero-order valence-corrected chi connectivity index (χ0v) is 7.47. The molecule has 2 nitrogen and oxygen atoms in total. The van der Waals surface area contributed by atoms with Gasteiger partial charge in [-0.25, -0.2) is 0 Å². The second kappa shape index (κ2) is 3.58. The molecule has 0 spiro atoms. The topological polar surface area (TPSA) is 24.1 Å². The molecule has 12 heavy (non-hydrogen) atoms. The molecule has 2 aliphatic rings. The van der Waals surface area contributed by atoms with Gasteiger partial charge in [-0.1, -0.05) is 6.08 Å². The van der Waals surface area contributed by atoms with Crippen LogP contribution >= 0.6 is 0 Å². The lowest BCUT2D eigenvalue weighted by molar-refractivity contribution is 0.372. The summed E-state index contributed by atoms with van der Waals surface area (Å²) in [7, 11) is 0. The first-order valence-electron chi connectivity index (χ1n) is 4.84. The van der Waals surface area contributed by atoms with Gasteiger partial charge >= 0.3 is 0 Å². The molecule has 2 heteroatoms. The highest BCUT2D eigenvalue weighted by Crippen LogP contribution is 2.31. The number of fused-ring (bicyclic) bond motifs is 2. The van der Waals surface area contributed by atoms with E-state index in [-0.39, 0.29) is 0 Å². The van der Waals surface area contributed by atoms with E-state index in [1.54, 1.807) is 6.04 Å². The summed E-state index contributed by atoms with van der Waals surface area (Å²) in [4.78, 5) is 0. The van der Waals surface area contributed by atoms with E-state index in [2.05, 4.69) is 17.2 Å². The summed E-state index contributed by atoms with van der Waals surface area (Å²) in [5.74, 6) is 0. The monoisotopic (exact) mass is 165 g/mol. The minimum atomic E-state index is 0.701. The Hall–Kier alpha value is -0.340. The molecule has 0 aromatic heterocycles. The van der Waals surface area contributed by atoms with Crippen LogP contribution in [-0.4, -0.2) is 18.6 Å². The summed E-state index contributed by atoms with van der Waals surface area (Å²) in [6, 6.07) is 3.02. The molecule has 0 aliphatic carbocycles. The van der Waals surface area contributed by atoms with Gasteiger partial charge in [-0.3, -0.25) is 0 Å². The quantitative estimate of drug-likeness (QED) is 0.614. The van der Waals surface area contributed by atoms with Crippen LogP contribution in [0.1, 0.15) is 25.7 Å². The minimum Gasteiger partial charge on any atom is -0.310 e. The van der Waals surface area contributed by atoms with Crippen LogP contribution in [0.3, 0.4) is 0 Å². The number of nitrogens with one attached hydrogen (secondary N) is 2. The second-order valence-corrected chi connectivity index (χ2v) is 3.82. The smallest absolute Gasteiger partial charge is 0.0382 e. The first-order chi connectivity index (χ1) is 5.88. The zero-order chi connectivity index (χ0) is 8.39. The lowest BCUT2D eigenvalue weighted by atomic mass is 10.00. The van der Waals surface area contributed by atoms with Gasteiger partial charge in [0, 0.05) is 24.7 Å². The van der Waals surface area contributed by atoms with Crippen LogP contribution in [0.25, 0.3) is 0 Å². The first-order valence-corrected chi connectivity index (χ1v) is 4.84. The van der Waals surface area contributed by atoms with Crippen LogP contribution < -0.4 is 10.6 Å². The molecule has 2 heterocycles. The van der Waals surface area contributed by atoms with Gasteiger partial charge in [-0.05, 0) is 25.7 Å². The average molecular weight is 165 g/mol. The number of rotatable bonds is 3. The van der Waals surface area contributed by atoms with Crippen molar-refractivity contribution < 1.29 is 0 Å². The Morgan fingerprint density at radius 3 is 3.33 bits per heavy atom. The Labute approximate surface area is 74.4 Å². The molecule has 2 N–H and O–H groups in total. The van der Waals surface area contributed by atoms with Crippen molar-refractivity contribution in [1.29, 1.82) is 0 Å². The van der Waals surface area contributed by atoms with Crippen molar-refractivity contribution in [3.8, 4) is 0 Å². The van der Waals surface area contributed by atoms with E-state index in [0.29, 0.717) is 6.04 Å². The molecule has 0 amide bonds. The molecular formula is C10H17N2. The predicted octanol–water partition coefficient (Wildman–Crippen LogP) is 1.21. The highest BCUT2D eigenvalue weighted by atomic mass is 15.0. The highest BCUT2D eigenvalue weighted by molar-refractivity contribution is 5.06. The van der Waals surface area contributed by atoms with Crippen LogP contribution in [-0.2, 0) is 0 Å². The van der Waals surface area contributed by atoms with E-state index < -0.39 is 0 Å². The Balaban J connectivity index is 1.81. The molecule has 67 valence electrons. The molecule has 2 unspecified atom stereocenters. The van der Waals surface area contributed by atoms with Gasteiger partial charge in [0.1, 0.15) is 0 Å². The van der Waals surface area contributed by atoms with E-state index in [1.165, 1.54) is 25.7 Å². The maximum Gasteiger partial charge on any atom is 0.0382 e. The average Bonchev–Trinajstić information content (AvgIpc) is 2.42. The van der Waals surface area contributed by atoms with Gasteiger partial charge in [-0.2, -0.15) is 0 Å². The van der Waals surface area contributed by atoms with Gasteiger partial charge in [0.05, 0.1) is 0 Å². The molecular weight excluding hydrogens is 148 g/mol. The van der Waals surface area contributed by atoms with Crippen LogP contribution in [0.4, 0.5) is 0 Å². The third kappa shape index (κ3) is 1.70. The Morgan fingerprint density at radius 2 is 2.58 bits per heavy atom. The molecule has 2 aliphatic heterocycles. The Bertz CT molecular complexity index is 155. The summed E-state index contributed by atoms with van der Waals surface area (Å²) in [6.07, 6.45) is 7.11. The van der Waals surface area contributed by atoms with Crippen molar-refractivity contribution in [1.82, 2.24) is 10.6 Å². The molecule has 2 saturated heterocycles. The lowest BCUT2D eigenvalue weighted by Crippen LogP contribution is -2.43. The molecule has 0 saturated carbocycles. The first kappa shape index (κ1) is 8.27. The Kier molecular flexibility index (Phi) is 2.47. The van der Waals surface area contributed by atoms with Crippen LogP contribution in [0, 0.1) is 6.04 Å². The fourth-order valence-electron chi connectivity index (χ4n) is 2.25. The standard InChI is InChI=1S/C10H17N2/c1-2-5-11-10-6-8-3-4-9(7-10)12-8/h2,8,10-12H,1,3-7H2. The number of hydrogen-bond acceptors (Lipinski definition) is 2.